The van der Waals surface area contributed by atoms with E-state index in [2.05, 4.69) is 29.2 Å². The van der Waals surface area contributed by atoms with Crippen LogP contribution in [0.5, 0.6) is 0 Å². The third-order valence-corrected chi connectivity index (χ3v) is 5.64. The highest BCUT2D eigenvalue weighted by atomic mass is 16.5. The molecule has 0 spiro atoms. The molecule has 1 saturated heterocycles. The average molecular weight is 344 g/mol. The highest BCUT2D eigenvalue weighted by Gasteiger charge is 2.30. The van der Waals surface area contributed by atoms with Crippen LogP contribution in [0.4, 0.5) is 0 Å². The Labute approximate surface area is 149 Å². The number of aryl methyl sites for hydroxylation is 1. The minimum Gasteiger partial charge on any atom is -0.469 e. The van der Waals surface area contributed by atoms with Crippen LogP contribution in [0.25, 0.3) is 0 Å². The van der Waals surface area contributed by atoms with Crippen molar-refractivity contribution in [3.05, 3.63) is 35.4 Å². The number of likely N-dealkylation sites (tertiary alicyclic amines) is 1. The van der Waals surface area contributed by atoms with Crippen LogP contribution >= 0.6 is 0 Å². The number of rotatable bonds is 4. The minimum atomic E-state index is -0.150. The van der Waals surface area contributed by atoms with Gasteiger partial charge in [0.1, 0.15) is 0 Å². The molecular formula is C20H28N2O3. The fraction of sp³-hybridized carbons (Fsp3) is 0.600. The fourth-order valence-electron chi connectivity index (χ4n) is 4.14. The number of amides is 1. The fourth-order valence-corrected chi connectivity index (χ4v) is 4.14. The lowest BCUT2D eigenvalue weighted by molar-refractivity contribution is -0.149. The number of fused-ring (bicyclic) bond motifs is 1. The van der Waals surface area contributed by atoms with E-state index >= 15 is 0 Å². The third-order valence-electron chi connectivity index (χ3n) is 5.64. The molecule has 1 aliphatic carbocycles. The Balaban J connectivity index is 1.56. The Morgan fingerprint density at radius 1 is 1.20 bits per heavy atom. The van der Waals surface area contributed by atoms with E-state index < -0.39 is 0 Å². The van der Waals surface area contributed by atoms with Gasteiger partial charge in [-0.2, -0.15) is 0 Å². The number of nitrogens with zero attached hydrogens (tertiary/aromatic N) is 2. The van der Waals surface area contributed by atoms with Crippen molar-refractivity contribution in [3.8, 4) is 0 Å². The summed E-state index contributed by atoms with van der Waals surface area (Å²) in [6.45, 7) is 1.73. The number of hydrogen-bond acceptors (Lipinski definition) is 4. The maximum atomic E-state index is 12.7. The number of likely N-dealkylation sites (N-methyl/N-ethyl adjacent to an activating group) is 1. The summed E-state index contributed by atoms with van der Waals surface area (Å²) in [5, 5.41) is 0. The highest BCUT2D eigenvalue weighted by Crippen LogP contribution is 2.33. The monoisotopic (exact) mass is 344 g/mol. The van der Waals surface area contributed by atoms with E-state index in [0.717, 1.165) is 12.8 Å². The molecule has 5 nitrogen and oxygen atoms in total. The van der Waals surface area contributed by atoms with Gasteiger partial charge in [-0.3, -0.25) is 14.5 Å². The van der Waals surface area contributed by atoms with Gasteiger partial charge >= 0.3 is 5.97 Å². The molecule has 1 heterocycles. The Morgan fingerprint density at radius 3 is 2.64 bits per heavy atom. The van der Waals surface area contributed by atoms with Crippen molar-refractivity contribution < 1.29 is 14.3 Å². The van der Waals surface area contributed by atoms with Crippen molar-refractivity contribution in [2.75, 3.05) is 33.8 Å². The van der Waals surface area contributed by atoms with Crippen LogP contribution in [0.15, 0.2) is 24.3 Å². The van der Waals surface area contributed by atoms with Crippen LogP contribution in [0.2, 0.25) is 0 Å². The van der Waals surface area contributed by atoms with Crippen LogP contribution in [-0.4, -0.2) is 55.5 Å². The molecule has 1 aromatic carbocycles. The number of piperidine rings is 1. The van der Waals surface area contributed by atoms with Gasteiger partial charge < -0.3 is 9.64 Å². The minimum absolute atomic E-state index is 0.0583. The Bertz CT molecular complexity index is 623. The van der Waals surface area contributed by atoms with Crippen molar-refractivity contribution in [2.24, 2.45) is 5.92 Å². The molecule has 1 aromatic rings. The van der Waals surface area contributed by atoms with Gasteiger partial charge in [0, 0.05) is 19.1 Å². The summed E-state index contributed by atoms with van der Waals surface area (Å²) in [6.07, 6.45) is 4.81. The van der Waals surface area contributed by atoms with Gasteiger partial charge in [0.05, 0.1) is 19.6 Å². The molecule has 1 fully saturated rings. The summed E-state index contributed by atoms with van der Waals surface area (Å²) in [7, 11) is 3.47. The van der Waals surface area contributed by atoms with E-state index in [4.69, 9.17) is 4.74 Å². The zero-order chi connectivity index (χ0) is 17.8. The van der Waals surface area contributed by atoms with Gasteiger partial charge in [-0.05, 0) is 50.3 Å². The molecule has 25 heavy (non-hydrogen) atoms. The highest BCUT2D eigenvalue weighted by molar-refractivity contribution is 5.79. The number of carbonyl (C=O) groups excluding carboxylic acids is 2. The van der Waals surface area contributed by atoms with Gasteiger partial charge in [0.2, 0.25) is 5.91 Å². The number of carbonyl (C=O) groups is 2. The van der Waals surface area contributed by atoms with Gasteiger partial charge in [-0.1, -0.05) is 24.3 Å². The normalized spacial score (nSPS) is 21.1. The van der Waals surface area contributed by atoms with E-state index in [1.54, 1.807) is 0 Å². The molecule has 1 amide bonds. The van der Waals surface area contributed by atoms with Crippen LogP contribution in [0.1, 0.15) is 42.9 Å². The van der Waals surface area contributed by atoms with Crippen LogP contribution in [0.3, 0.4) is 0 Å². The summed E-state index contributed by atoms with van der Waals surface area (Å²) in [4.78, 5) is 28.4. The summed E-state index contributed by atoms with van der Waals surface area (Å²) in [5.74, 6) is -0.0473. The standard InChI is InChI=1S/C20H28N2O3/c1-21(18-9-5-7-15-6-3-4-8-17(15)18)14-19(23)22-12-10-16(11-13-22)20(24)25-2/h3-4,6,8,16,18H,5,7,9-14H2,1-2H3/t18-/m0/s1. The van der Waals surface area contributed by atoms with Crippen molar-refractivity contribution >= 4 is 11.9 Å². The van der Waals surface area contributed by atoms with Crippen LogP contribution < -0.4 is 0 Å². The zero-order valence-corrected chi connectivity index (χ0v) is 15.2. The maximum Gasteiger partial charge on any atom is 0.308 e. The van der Waals surface area contributed by atoms with Gasteiger partial charge in [-0.15, -0.1) is 0 Å². The lowest BCUT2D eigenvalue weighted by Gasteiger charge is -2.36. The second kappa shape index (κ2) is 8.00. The first-order valence-corrected chi connectivity index (χ1v) is 9.23. The van der Waals surface area contributed by atoms with E-state index in [1.807, 2.05) is 11.9 Å². The largest absolute Gasteiger partial charge is 0.469 e. The molecule has 136 valence electrons. The smallest absolute Gasteiger partial charge is 0.308 e. The molecule has 0 N–H and O–H groups in total. The summed E-state index contributed by atoms with van der Waals surface area (Å²) in [5.41, 5.74) is 2.78. The Kier molecular flexibility index (Phi) is 5.74. The molecule has 0 aromatic heterocycles. The van der Waals surface area contributed by atoms with Crippen LogP contribution in [0, 0.1) is 5.92 Å². The molecule has 0 saturated carbocycles. The van der Waals surface area contributed by atoms with E-state index in [-0.39, 0.29) is 17.8 Å². The quantitative estimate of drug-likeness (QED) is 0.787. The molecular weight excluding hydrogens is 316 g/mol. The zero-order valence-electron chi connectivity index (χ0n) is 15.2. The third kappa shape index (κ3) is 4.03. The second-order valence-corrected chi connectivity index (χ2v) is 7.20. The summed E-state index contributed by atoms with van der Waals surface area (Å²) in [6, 6.07) is 8.90. The second-order valence-electron chi connectivity index (χ2n) is 7.20. The van der Waals surface area contributed by atoms with Gasteiger partial charge in [0.15, 0.2) is 0 Å². The van der Waals surface area contributed by atoms with Crippen molar-refractivity contribution in [2.45, 2.75) is 38.1 Å². The SMILES string of the molecule is COC(=O)C1CCN(C(=O)CN(C)[C@H]2CCCc3ccccc32)CC1. The topological polar surface area (TPSA) is 49.9 Å². The molecule has 2 aliphatic rings. The first-order valence-electron chi connectivity index (χ1n) is 9.23. The predicted octanol–water partition coefficient (Wildman–Crippen LogP) is 2.41. The van der Waals surface area contributed by atoms with Crippen molar-refractivity contribution in [1.82, 2.24) is 9.80 Å². The first kappa shape index (κ1) is 17.9. The number of hydrogen-bond donors (Lipinski definition) is 0. The summed E-state index contributed by atoms with van der Waals surface area (Å²) < 4.78 is 4.81. The number of methoxy groups -OCH3 is 1. The van der Waals surface area contributed by atoms with E-state index in [1.165, 1.54) is 24.7 Å². The molecule has 3 rings (SSSR count). The maximum absolute atomic E-state index is 12.7. The molecule has 1 atom stereocenters. The molecule has 1 aliphatic heterocycles. The molecule has 5 heteroatoms. The predicted molar refractivity (Wildman–Crippen MR) is 96.1 cm³/mol. The lowest BCUT2D eigenvalue weighted by Crippen LogP contribution is -2.45. The Morgan fingerprint density at radius 2 is 1.92 bits per heavy atom. The number of benzene rings is 1. The number of ether oxygens (including phenoxy) is 1. The Hall–Kier alpha value is -1.88. The van der Waals surface area contributed by atoms with E-state index in [0.29, 0.717) is 38.5 Å². The average Bonchev–Trinajstić information content (AvgIpc) is 2.66. The van der Waals surface area contributed by atoms with Gasteiger partial charge in [-0.25, -0.2) is 0 Å². The first-order chi connectivity index (χ1) is 12.1. The van der Waals surface area contributed by atoms with Crippen molar-refractivity contribution in [3.63, 3.8) is 0 Å². The number of esters is 1. The molecule has 0 unspecified atom stereocenters. The van der Waals surface area contributed by atoms with Crippen LogP contribution in [-0.2, 0) is 20.7 Å². The molecule has 0 bridgehead atoms. The molecule has 0 radical (unpaired) electrons. The lowest BCUT2D eigenvalue weighted by atomic mass is 9.87. The summed E-state index contributed by atoms with van der Waals surface area (Å²) >= 11 is 0. The van der Waals surface area contributed by atoms with Crippen molar-refractivity contribution in [1.29, 1.82) is 0 Å². The van der Waals surface area contributed by atoms with Gasteiger partial charge in [0.25, 0.3) is 0 Å². The van der Waals surface area contributed by atoms with E-state index in [9.17, 15) is 9.59 Å².